The zero-order valence-electron chi connectivity index (χ0n) is 13.7. The maximum Gasteiger partial charge on any atom is 0.122 e. The van der Waals surface area contributed by atoms with E-state index in [0.29, 0.717) is 17.9 Å². The number of benzene rings is 1. The first-order chi connectivity index (χ1) is 10.2. The molecule has 1 saturated heterocycles. The molecule has 1 saturated carbocycles. The van der Waals surface area contributed by atoms with E-state index >= 15 is 0 Å². The van der Waals surface area contributed by atoms with Gasteiger partial charge >= 0.3 is 0 Å². The van der Waals surface area contributed by atoms with Gasteiger partial charge in [-0.15, -0.1) is 31.4 Å². The number of rotatable bonds is 5. The van der Waals surface area contributed by atoms with Crippen LogP contribution in [0.15, 0.2) is 30.9 Å². The van der Waals surface area contributed by atoms with Gasteiger partial charge in [0.2, 0.25) is 0 Å². The average molecular weight is 359 g/mol. The molecule has 0 radical (unpaired) electrons. The maximum atomic E-state index is 6.29. The van der Waals surface area contributed by atoms with Crippen LogP contribution in [0.5, 0.6) is 5.75 Å². The summed E-state index contributed by atoms with van der Waals surface area (Å²) >= 11 is 0. The lowest BCUT2D eigenvalue weighted by molar-refractivity contribution is 0.140. The zero-order chi connectivity index (χ0) is 14.8. The number of hydrogen-bond acceptors (Lipinski definition) is 3. The summed E-state index contributed by atoms with van der Waals surface area (Å²) in [6.07, 6.45) is 5.41. The number of allylic oxidation sites excluding steroid dienone is 1. The minimum absolute atomic E-state index is 0. The predicted molar refractivity (Wildman–Crippen MR) is 101 cm³/mol. The van der Waals surface area contributed by atoms with Crippen molar-refractivity contribution >= 4 is 24.8 Å². The number of methoxy groups -OCH3 is 1. The second-order valence-electron chi connectivity index (χ2n) is 6.51. The number of halogens is 2. The van der Waals surface area contributed by atoms with E-state index in [2.05, 4.69) is 29.7 Å². The SMILES string of the molecule is C=CCc1cc(CN2C[C@H]3CC[C@@H](C2)C3N)ccc1OC.Cl.Cl. The van der Waals surface area contributed by atoms with Gasteiger partial charge in [0.25, 0.3) is 0 Å². The largest absolute Gasteiger partial charge is 0.496 e. The van der Waals surface area contributed by atoms with Gasteiger partial charge in [-0.05, 0) is 48.3 Å². The second kappa shape index (κ2) is 8.93. The molecule has 2 N–H and O–H groups in total. The van der Waals surface area contributed by atoms with Crippen molar-refractivity contribution in [1.82, 2.24) is 4.90 Å². The van der Waals surface area contributed by atoms with Gasteiger partial charge in [0.1, 0.15) is 5.75 Å². The average Bonchev–Trinajstić information content (AvgIpc) is 2.71. The minimum atomic E-state index is 0. The quantitative estimate of drug-likeness (QED) is 0.819. The molecule has 2 fully saturated rings. The molecule has 2 aliphatic rings. The fourth-order valence-corrected chi connectivity index (χ4v) is 3.99. The molecule has 5 heteroatoms. The van der Waals surface area contributed by atoms with Gasteiger partial charge in [0.05, 0.1) is 7.11 Å². The number of nitrogens with two attached hydrogens (primary N) is 1. The molecule has 0 amide bonds. The second-order valence-corrected chi connectivity index (χ2v) is 6.51. The molecule has 2 bridgehead atoms. The smallest absolute Gasteiger partial charge is 0.122 e. The van der Waals surface area contributed by atoms with Crippen molar-refractivity contribution in [3.63, 3.8) is 0 Å². The molecule has 1 aromatic carbocycles. The lowest BCUT2D eigenvalue weighted by atomic mass is 9.92. The van der Waals surface area contributed by atoms with Gasteiger partial charge in [-0.2, -0.15) is 0 Å². The number of likely N-dealkylation sites (tertiary alicyclic amines) is 1. The summed E-state index contributed by atoms with van der Waals surface area (Å²) in [4.78, 5) is 2.57. The van der Waals surface area contributed by atoms with Gasteiger partial charge < -0.3 is 10.5 Å². The highest BCUT2D eigenvalue weighted by Crippen LogP contribution is 2.36. The summed E-state index contributed by atoms with van der Waals surface area (Å²) in [6.45, 7) is 7.16. The molecular weight excluding hydrogens is 331 g/mol. The Kier molecular flexibility index (Phi) is 7.88. The van der Waals surface area contributed by atoms with E-state index in [1.54, 1.807) is 7.11 Å². The van der Waals surface area contributed by atoms with Crippen LogP contribution in [0.1, 0.15) is 24.0 Å². The van der Waals surface area contributed by atoms with Gasteiger partial charge in [-0.1, -0.05) is 18.2 Å². The van der Waals surface area contributed by atoms with E-state index in [9.17, 15) is 0 Å². The van der Waals surface area contributed by atoms with Crippen LogP contribution in [-0.2, 0) is 13.0 Å². The van der Waals surface area contributed by atoms with Gasteiger partial charge in [0, 0.05) is 25.7 Å². The molecule has 1 heterocycles. The van der Waals surface area contributed by atoms with Crippen molar-refractivity contribution in [1.29, 1.82) is 0 Å². The number of ether oxygens (including phenoxy) is 1. The van der Waals surface area contributed by atoms with Gasteiger partial charge in [0.15, 0.2) is 0 Å². The van der Waals surface area contributed by atoms with Gasteiger partial charge in [-0.25, -0.2) is 0 Å². The van der Waals surface area contributed by atoms with Crippen LogP contribution in [-0.4, -0.2) is 31.1 Å². The third kappa shape index (κ3) is 4.42. The molecule has 3 rings (SSSR count). The number of fused-ring (bicyclic) bond motifs is 2. The molecule has 1 aliphatic carbocycles. The molecule has 3 nitrogen and oxygen atoms in total. The van der Waals surface area contributed by atoms with Crippen molar-refractivity contribution in [2.45, 2.75) is 31.8 Å². The van der Waals surface area contributed by atoms with Crippen molar-refractivity contribution in [2.75, 3.05) is 20.2 Å². The lowest BCUT2D eigenvalue weighted by Crippen LogP contribution is -2.48. The van der Waals surface area contributed by atoms with E-state index in [1.807, 2.05) is 6.08 Å². The highest BCUT2D eigenvalue weighted by atomic mass is 35.5. The first-order valence-corrected chi connectivity index (χ1v) is 7.96. The zero-order valence-corrected chi connectivity index (χ0v) is 15.4. The Balaban J connectivity index is 0.00000132. The first kappa shape index (κ1) is 20.3. The third-order valence-electron chi connectivity index (χ3n) is 5.10. The van der Waals surface area contributed by atoms with E-state index < -0.39 is 0 Å². The number of hydrogen-bond donors (Lipinski definition) is 1. The topological polar surface area (TPSA) is 38.5 Å². The van der Waals surface area contributed by atoms with E-state index in [1.165, 1.54) is 24.0 Å². The Morgan fingerprint density at radius 3 is 2.48 bits per heavy atom. The summed E-state index contributed by atoms with van der Waals surface area (Å²) in [5, 5.41) is 0. The molecule has 1 unspecified atom stereocenters. The third-order valence-corrected chi connectivity index (χ3v) is 5.10. The van der Waals surface area contributed by atoms with Crippen LogP contribution in [0.25, 0.3) is 0 Å². The van der Waals surface area contributed by atoms with E-state index in [-0.39, 0.29) is 24.8 Å². The van der Waals surface area contributed by atoms with Crippen molar-refractivity contribution in [3.8, 4) is 5.75 Å². The molecule has 1 aromatic rings. The standard InChI is InChI=1S/C18H26N2O.2ClH/c1-3-4-14-9-13(5-8-17(14)21-2)10-20-11-15-6-7-16(12-20)18(15)19;;/h3,5,8-9,15-16,18H,1,4,6-7,10-12,19H2,2H3;2*1H/t15-,16+,18?;;. The molecule has 1 aliphatic heterocycles. The van der Waals surface area contributed by atoms with Crippen LogP contribution in [0.4, 0.5) is 0 Å². The monoisotopic (exact) mass is 358 g/mol. The highest BCUT2D eigenvalue weighted by molar-refractivity contribution is 5.85. The van der Waals surface area contributed by atoms with Crippen LogP contribution in [0.2, 0.25) is 0 Å². The van der Waals surface area contributed by atoms with Crippen LogP contribution in [0, 0.1) is 11.8 Å². The highest BCUT2D eigenvalue weighted by Gasteiger charge is 2.39. The van der Waals surface area contributed by atoms with Crippen molar-refractivity contribution in [2.24, 2.45) is 17.6 Å². The maximum absolute atomic E-state index is 6.29. The summed E-state index contributed by atoms with van der Waals surface area (Å²) in [6, 6.07) is 6.96. The molecule has 0 aromatic heterocycles. The molecule has 0 spiro atoms. The summed E-state index contributed by atoms with van der Waals surface area (Å²) < 4.78 is 5.42. The summed E-state index contributed by atoms with van der Waals surface area (Å²) in [5.74, 6) is 2.36. The minimum Gasteiger partial charge on any atom is -0.496 e. The summed E-state index contributed by atoms with van der Waals surface area (Å²) in [7, 11) is 1.73. The predicted octanol–water partition coefficient (Wildman–Crippen LogP) is 3.44. The first-order valence-electron chi connectivity index (χ1n) is 7.96. The normalized spacial score (nSPS) is 26.1. The van der Waals surface area contributed by atoms with E-state index in [0.717, 1.165) is 31.8 Å². The number of nitrogens with zero attached hydrogens (tertiary/aromatic N) is 1. The Morgan fingerprint density at radius 2 is 1.91 bits per heavy atom. The van der Waals surface area contributed by atoms with E-state index in [4.69, 9.17) is 10.5 Å². The van der Waals surface area contributed by atoms with Crippen molar-refractivity contribution < 1.29 is 4.74 Å². The Labute approximate surface area is 152 Å². The Bertz CT molecular complexity index is 510. The number of piperidine rings is 1. The van der Waals surface area contributed by atoms with Crippen LogP contribution in [0.3, 0.4) is 0 Å². The molecule has 3 atom stereocenters. The van der Waals surface area contributed by atoms with Crippen LogP contribution < -0.4 is 10.5 Å². The fourth-order valence-electron chi connectivity index (χ4n) is 3.99. The molecule has 130 valence electrons. The Morgan fingerprint density at radius 1 is 1.26 bits per heavy atom. The van der Waals surface area contributed by atoms with Gasteiger partial charge in [-0.3, -0.25) is 4.90 Å². The fraction of sp³-hybridized carbons (Fsp3) is 0.556. The van der Waals surface area contributed by atoms with Crippen LogP contribution >= 0.6 is 24.8 Å². The van der Waals surface area contributed by atoms with Crippen molar-refractivity contribution in [3.05, 3.63) is 42.0 Å². The Hall–Kier alpha value is -0.740. The molecular formula is C18H28Cl2N2O. The molecule has 23 heavy (non-hydrogen) atoms. The summed E-state index contributed by atoms with van der Waals surface area (Å²) in [5.41, 5.74) is 8.87. The lowest BCUT2D eigenvalue weighted by Gasteiger charge is -2.36.